The summed E-state index contributed by atoms with van der Waals surface area (Å²) in [6.45, 7) is 6.63. The number of amides is 2. The number of carbonyl (C=O) groups is 1. The van der Waals surface area contributed by atoms with E-state index in [1.807, 2.05) is 43.5 Å². The first-order chi connectivity index (χ1) is 11.1. The molecule has 5 nitrogen and oxygen atoms in total. The predicted molar refractivity (Wildman–Crippen MR) is 91.4 cm³/mol. The van der Waals surface area contributed by atoms with Crippen LogP contribution in [0.1, 0.15) is 25.0 Å². The first-order valence-corrected chi connectivity index (χ1v) is 7.98. The highest BCUT2D eigenvalue weighted by Gasteiger charge is 2.11. The van der Waals surface area contributed by atoms with Crippen LogP contribution in [-0.4, -0.2) is 29.2 Å². The second kappa shape index (κ2) is 8.27. The van der Waals surface area contributed by atoms with Crippen LogP contribution in [-0.2, 0) is 19.6 Å². The number of hydrogen-bond acceptors (Lipinski definition) is 2. The Kier molecular flexibility index (Phi) is 6.09. The van der Waals surface area contributed by atoms with Gasteiger partial charge in [0.05, 0.1) is 6.61 Å². The molecule has 0 saturated carbocycles. The zero-order chi connectivity index (χ0) is 16.7. The third kappa shape index (κ3) is 4.77. The Morgan fingerprint density at radius 2 is 2.04 bits per heavy atom. The van der Waals surface area contributed by atoms with Gasteiger partial charge in [0.1, 0.15) is 5.75 Å². The minimum atomic E-state index is -0.0967. The number of hydrogen-bond donors (Lipinski definition) is 1. The molecule has 2 amide bonds. The lowest BCUT2D eigenvalue weighted by molar-refractivity contribution is 0.206. The summed E-state index contributed by atoms with van der Waals surface area (Å²) in [6, 6.07) is 9.70. The van der Waals surface area contributed by atoms with E-state index in [0.29, 0.717) is 19.7 Å². The molecule has 1 N–H and O–H groups in total. The van der Waals surface area contributed by atoms with E-state index < -0.39 is 0 Å². The minimum Gasteiger partial charge on any atom is -0.494 e. The van der Waals surface area contributed by atoms with Crippen LogP contribution in [0.15, 0.2) is 42.7 Å². The van der Waals surface area contributed by atoms with E-state index in [1.165, 1.54) is 0 Å². The number of nitrogens with zero attached hydrogens (tertiary/aromatic N) is 2. The Balaban J connectivity index is 1.88. The molecular formula is C18H25N3O2. The molecule has 0 radical (unpaired) electrons. The zero-order valence-electron chi connectivity index (χ0n) is 14.1. The van der Waals surface area contributed by atoms with Crippen LogP contribution in [0.5, 0.6) is 5.75 Å². The largest absolute Gasteiger partial charge is 0.494 e. The Hall–Kier alpha value is -2.43. The maximum absolute atomic E-state index is 12.2. The first kappa shape index (κ1) is 16.9. The van der Waals surface area contributed by atoms with E-state index in [-0.39, 0.29) is 6.03 Å². The number of aryl methyl sites for hydroxylation is 1. The number of benzene rings is 1. The third-order valence-electron chi connectivity index (χ3n) is 3.65. The van der Waals surface area contributed by atoms with Crippen LogP contribution in [0, 0.1) is 0 Å². The van der Waals surface area contributed by atoms with Crippen molar-refractivity contribution in [2.45, 2.75) is 33.5 Å². The Bertz CT molecular complexity index is 637. The number of carbonyl (C=O) groups excluding carboxylic acids is 1. The smallest absolute Gasteiger partial charge is 0.317 e. The molecule has 2 rings (SSSR count). The number of ether oxygens (including phenoxy) is 1. The molecule has 5 heteroatoms. The summed E-state index contributed by atoms with van der Waals surface area (Å²) in [7, 11) is 1.80. The van der Waals surface area contributed by atoms with Crippen molar-refractivity contribution < 1.29 is 9.53 Å². The fourth-order valence-electron chi connectivity index (χ4n) is 2.38. The predicted octanol–water partition coefficient (Wildman–Crippen LogP) is 3.25. The van der Waals surface area contributed by atoms with Crippen molar-refractivity contribution in [3.8, 4) is 5.75 Å². The molecule has 0 spiro atoms. The number of para-hydroxylation sites is 1. The van der Waals surface area contributed by atoms with Crippen LogP contribution < -0.4 is 10.1 Å². The van der Waals surface area contributed by atoms with Crippen molar-refractivity contribution in [3.63, 3.8) is 0 Å². The van der Waals surface area contributed by atoms with Gasteiger partial charge in [-0.25, -0.2) is 4.79 Å². The molecule has 1 aromatic heterocycles. The Morgan fingerprint density at radius 1 is 1.26 bits per heavy atom. The zero-order valence-corrected chi connectivity index (χ0v) is 14.1. The summed E-state index contributed by atoms with van der Waals surface area (Å²) < 4.78 is 7.67. The monoisotopic (exact) mass is 315 g/mol. The van der Waals surface area contributed by atoms with Gasteiger partial charge in [-0.1, -0.05) is 18.2 Å². The highest BCUT2D eigenvalue weighted by molar-refractivity contribution is 5.73. The third-order valence-corrected chi connectivity index (χ3v) is 3.65. The van der Waals surface area contributed by atoms with Gasteiger partial charge in [0, 0.05) is 44.6 Å². The van der Waals surface area contributed by atoms with Crippen LogP contribution in [0.3, 0.4) is 0 Å². The number of aromatic nitrogens is 1. The van der Waals surface area contributed by atoms with Crippen molar-refractivity contribution in [3.05, 3.63) is 53.9 Å². The molecule has 0 aliphatic rings. The van der Waals surface area contributed by atoms with Crippen LogP contribution in [0.25, 0.3) is 0 Å². The highest BCUT2D eigenvalue weighted by Crippen LogP contribution is 2.17. The maximum Gasteiger partial charge on any atom is 0.317 e. The SMILES string of the molecule is CCOc1ccccc1CNC(=O)N(C)Cc1ccn(CC)c1. The standard InChI is InChI=1S/C18H25N3O2/c1-4-21-11-10-15(14-21)13-20(3)18(22)19-12-16-8-6-7-9-17(16)23-5-2/h6-11,14H,4-5,12-13H2,1-3H3,(H,19,22). The topological polar surface area (TPSA) is 46.5 Å². The van der Waals surface area contributed by atoms with Gasteiger partial charge in [-0.15, -0.1) is 0 Å². The lowest BCUT2D eigenvalue weighted by atomic mass is 10.2. The van der Waals surface area contributed by atoms with E-state index in [1.54, 1.807) is 11.9 Å². The minimum absolute atomic E-state index is 0.0967. The average molecular weight is 315 g/mol. The van der Waals surface area contributed by atoms with Crippen molar-refractivity contribution in [2.24, 2.45) is 0 Å². The summed E-state index contributed by atoms with van der Waals surface area (Å²) in [4.78, 5) is 13.9. The van der Waals surface area contributed by atoms with Crippen molar-refractivity contribution in [2.75, 3.05) is 13.7 Å². The summed E-state index contributed by atoms with van der Waals surface area (Å²) >= 11 is 0. The van der Waals surface area contributed by atoms with Crippen LogP contribution in [0.4, 0.5) is 4.79 Å². The summed E-state index contributed by atoms with van der Waals surface area (Å²) in [6.07, 6.45) is 4.09. The molecular weight excluding hydrogens is 290 g/mol. The molecule has 0 fully saturated rings. The normalized spacial score (nSPS) is 10.4. The molecule has 0 aliphatic heterocycles. The quantitative estimate of drug-likeness (QED) is 0.852. The van der Waals surface area contributed by atoms with Gasteiger partial charge in [0.2, 0.25) is 0 Å². The van der Waals surface area contributed by atoms with Gasteiger partial charge < -0.3 is 19.5 Å². The van der Waals surface area contributed by atoms with Crippen LogP contribution in [0.2, 0.25) is 0 Å². The van der Waals surface area contributed by atoms with Gasteiger partial charge in [0.15, 0.2) is 0 Å². The lowest BCUT2D eigenvalue weighted by Gasteiger charge is -2.18. The van der Waals surface area contributed by atoms with Gasteiger partial charge >= 0.3 is 6.03 Å². The number of rotatable bonds is 7. The van der Waals surface area contributed by atoms with Crippen molar-refractivity contribution >= 4 is 6.03 Å². The average Bonchev–Trinajstić information content (AvgIpc) is 3.01. The molecule has 1 aromatic carbocycles. The van der Waals surface area contributed by atoms with Gasteiger partial charge in [-0.3, -0.25) is 0 Å². The maximum atomic E-state index is 12.2. The second-order valence-corrected chi connectivity index (χ2v) is 5.41. The molecule has 2 aromatic rings. The second-order valence-electron chi connectivity index (χ2n) is 5.41. The molecule has 124 valence electrons. The molecule has 0 saturated heterocycles. The number of nitrogens with one attached hydrogen (secondary N) is 1. The highest BCUT2D eigenvalue weighted by atomic mass is 16.5. The summed E-state index contributed by atoms with van der Waals surface area (Å²) in [5, 5.41) is 2.94. The summed E-state index contributed by atoms with van der Waals surface area (Å²) in [5.74, 6) is 0.818. The van der Waals surface area contributed by atoms with E-state index in [0.717, 1.165) is 23.4 Å². The number of urea groups is 1. The van der Waals surface area contributed by atoms with Gasteiger partial charge in [-0.05, 0) is 31.5 Å². The molecule has 0 unspecified atom stereocenters. The molecule has 0 bridgehead atoms. The van der Waals surface area contributed by atoms with Gasteiger partial charge in [-0.2, -0.15) is 0 Å². The van der Waals surface area contributed by atoms with Crippen LogP contribution >= 0.6 is 0 Å². The van der Waals surface area contributed by atoms with Crippen molar-refractivity contribution in [1.82, 2.24) is 14.8 Å². The van der Waals surface area contributed by atoms with E-state index in [4.69, 9.17) is 4.74 Å². The summed E-state index contributed by atoms with van der Waals surface area (Å²) in [5.41, 5.74) is 2.10. The Labute approximate surface area is 137 Å². The molecule has 0 atom stereocenters. The van der Waals surface area contributed by atoms with E-state index >= 15 is 0 Å². The van der Waals surface area contributed by atoms with Crippen molar-refractivity contribution in [1.29, 1.82) is 0 Å². The molecule has 23 heavy (non-hydrogen) atoms. The molecule has 0 aliphatic carbocycles. The lowest BCUT2D eigenvalue weighted by Crippen LogP contribution is -2.36. The molecule has 1 heterocycles. The fraction of sp³-hybridized carbons (Fsp3) is 0.389. The fourth-order valence-corrected chi connectivity index (χ4v) is 2.38. The Morgan fingerprint density at radius 3 is 2.74 bits per heavy atom. The van der Waals surface area contributed by atoms with E-state index in [2.05, 4.69) is 23.0 Å². The van der Waals surface area contributed by atoms with E-state index in [9.17, 15) is 4.79 Å². The first-order valence-electron chi connectivity index (χ1n) is 7.98. The van der Waals surface area contributed by atoms with Gasteiger partial charge in [0.25, 0.3) is 0 Å².